The van der Waals surface area contributed by atoms with Crippen LogP contribution in [-0.4, -0.2) is 4.98 Å². The molecule has 62 valence electrons. The van der Waals surface area contributed by atoms with E-state index in [0.29, 0.717) is 11.3 Å². The Morgan fingerprint density at radius 2 is 2.25 bits per heavy atom. The third-order valence-electron chi connectivity index (χ3n) is 1.55. The third kappa shape index (κ3) is 1.59. The molecular formula is C9H9FN2. The van der Waals surface area contributed by atoms with E-state index in [4.69, 9.17) is 5.26 Å². The molecule has 0 saturated heterocycles. The highest BCUT2D eigenvalue weighted by Gasteiger charge is 2.08. The maximum Gasteiger partial charge on any atom is 0.142 e. The minimum absolute atomic E-state index is 0.153. The molecule has 0 saturated carbocycles. The van der Waals surface area contributed by atoms with Crippen molar-refractivity contribution in [1.82, 2.24) is 4.98 Å². The second-order valence-corrected chi connectivity index (χ2v) is 2.85. The Morgan fingerprint density at radius 1 is 1.58 bits per heavy atom. The summed E-state index contributed by atoms with van der Waals surface area (Å²) in [6, 6.07) is 3.13. The number of nitriles is 1. The predicted molar refractivity (Wildman–Crippen MR) is 43.0 cm³/mol. The van der Waals surface area contributed by atoms with Gasteiger partial charge in [0.1, 0.15) is 11.9 Å². The summed E-state index contributed by atoms with van der Waals surface area (Å²) in [5.41, 5.74) is 0.976. The van der Waals surface area contributed by atoms with E-state index in [2.05, 4.69) is 4.98 Å². The molecule has 0 amide bonds. The van der Waals surface area contributed by atoms with Crippen LogP contribution in [0.25, 0.3) is 0 Å². The zero-order valence-corrected chi connectivity index (χ0v) is 7.00. The van der Waals surface area contributed by atoms with Gasteiger partial charge in [0.2, 0.25) is 0 Å². The molecule has 0 aliphatic rings. The van der Waals surface area contributed by atoms with Crippen molar-refractivity contribution < 1.29 is 4.39 Å². The summed E-state index contributed by atoms with van der Waals surface area (Å²) in [4.78, 5) is 3.85. The summed E-state index contributed by atoms with van der Waals surface area (Å²) in [6.07, 6.45) is 1.14. The maximum atomic E-state index is 12.6. The lowest BCUT2D eigenvalue weighted by molar-refractivity contribution is 0.616. The molecule has 1 rings (SSSR count). The number of halogens is 1. The van der Waals surface area contributed by atoms with E-state index in [1.54, 1.807) is 0 Å². The van der Waals surface area contributed by atoms with E-state index in [0.717, 1.165) is 6.20 Å². The highest BCUT2D eigenvalue weighted by molar-refractivity contribution is 5.34. The average molecular weight is 164 g/mol. The largest absolute Gasteiger partial charge is 0.257 e. The lowest BCUT2D eigenvalue weighted by Crippen LogP contribution is -1.97. The normalized spacial score (nSPS) is 9.92. The summed E-state index contributed by atoms with van der Waals surface area (Å²) < 4.78 is 12.6. The molecule has 3 heteroatoms. The van der Waals surface area contributed by atoms with Gasteiger partial charge >= 0.3 is 0 Å². The van der Waals surface area contributed by atoms with Crippen molar-refractivity contribution in [2.75, 3.05) is 0 Å². The third-order valence-corrected chi connectivity index (χ3v) is 1.55. The smallest absolute Gasteiger partial charge is 0.142 e. The lowest BCUT2D eigenvalue weighted by atomic mass is 10.1. The fourth-order valence-electron chi connectivity index (χ4n) is 0.999. The van der Waals surface area contributed by atoms with Crippen molar-refractivity contribution in [3.63, 3.8) is 0 Å². The zero-order chi connectivity index (χ0) is 9.14. The Labute approximate surface area is 70.7 Å². The number of pyridine rings is 1. The van der Waals surface area contributed by atoms with E-state index < -0.39 is 5.82 Å². The van der Waals surface area contributed by atoms with E-state index in [1.165, 1.54) is 6.07 Å². The summed E-state index contributed by atoms with van der Waals surface area (Å²) in [7, 11) is 0. The fourth-order valence-corrected chi connectivity index (χ4v) is 0.999. The maximum absolute atomic E-state index is 12.6. The monoisotopic (exact) mass is 164 g/mol. The van der Waals surface area contributed by atoms with Gasteiger partial charge in [0.15, 0.2) is 0 Å². The second-order valence-electron chi connectivity index (χ2n) is 2.85. The van der Waals surface area contributed by atoms with Crippen LogP contribution in [0.5, 0.6) is 0 Å². The van der Waals surface area contributed by atoms with Gasteiger partial charge in [0.05, 0.1) is 17.5 Å². The fraction of sp³-hybridized carbons (Fsp3) is 0.333. The second kappa shape index (κ2) is 3.31. The Hall–Kier alpha value is -1.43. The van der Waals surface area contributed by atoms with Gasteiger partial charge in [-0.05, 0) is 12.0 Å². The van der Waals surface area contributed by atoms with Crippen LogP contribution in [0.4, 0.5) is 4.39 Å². The highest BCUT2D eigenvalue weighted by Crippen LogP contribution is 2.16. The highest BCUT2D eigenvalue weighted by atomic mass is 19.1. The molecule has 0 bridgehead atoms. The van der Waals surface area contributed by atoms with Gasteiger partial charge in [0.25, 0.3) is 0 Å². The molecule has 0 aromatic carbocycles. The van der Waals surface area contributed by atoms with Gasteiger partial charge in [-0.25, -0.2) is 4.39 Å². The molecule has 0 N–H and O–H groups in total. The van der Waals surface area contributed by atoms with Crippen molar-refractivity contribution in [3.05, 3.63) is 29.3 Å². The first kappa shape index (κ1) is 8.66. The predicted octanol–water partition coefficient (Wildman–Crippen LogP) is 2.22. The molecule has 0 aliphatic carbocycles. The zero-order valence-electron chi connectivity index (χ0n) is 7.00. The van der Waals surface area contributed by atoms with Crippen LogP contribution in [0.15, 0.2) is 12.3 Å². The van der Waals surface area contributed by atoms with Gasteiger partial charge in [-0.1, -0.05) is 13.8 Å². The van der Waals surface area contributed by atoms with Gasteiger partial charge < -0.3 is 0 Å². The first-order chi connectivity index (χ1) is 5.65. The molecule has 1 heterocycles. The summed E-state index contributed by atoms with van der Waals surface area (Å²) in [6.45, 7) is 3.84. The van der Waals surface area contributed by atoms with Gasteiger partial charge in [-0.15, -0.1) is 0 Å². The molecule has 0 atom stereocenters. The molecule has 2 nitrogen and oxygen atoms in total. The quantitative estimate of drug-likeness (QED) is 0.638. The van der Waals surface area contributed by atoms with Gasteiger partial charge in [-0.2, -0.15) is 5.26 Å². The Balaban J connectivity index is 3.23. The number of rotatable bonds is 1. The first-order valence-corrected chi connectivity index (χ1v) is 3.70. The van der Waals surface area contributed by atoms with Crippen molar-refractivity contribution >= 4 is 0 Å². The summed E-state index contributed by atoms with van der Waals surface area (Å²) in [5, 5.41) is 8.64. The lowest BCUT2D eigenvalue weighted by Gasteiger charge is -2.04. The van der Waals surface area contributed by atoms with Gasteiger partial charge in [0, 0.05) is 0 Å². The number of hydrogen-bond acceptors (Lipinski definition) is 2. The minimum atomic E-state index is -0.462. The number of aromatic nitrogens is 1. The number of hydrogen-bond donors (Lipinski definition) is 0. The van der Waals surface area contributed by atoms with E-state index >= 15 is 0 Å². The van der Waals surface area contributed by atoms with Crippen LogP contribution in [0.3, 0.4) is 0 Å². The summed E-state index contributed by atoms with van der Waals surface area (Å²) in [5.74, 6) is -0.309. The minimum Gasteiger partial charge on any atom is -0.257 e. The van der Waals surface area contributed by atoms with Crippen molar-refractivity contribution in [3.8, 4) is 6.07 Å². The molecule has 0 spiro atoms. The molecule has 0 aliphatic heterocycles. The van der Waals surface area contributed by atoms with Crippen molar-refractivity contribution in [2.45, 2.75) is 19.8 Å². The molecule has 0 fully saturated rings. The Kier molecular flexibility index (Phi) is 2.39. The van der Waals surface area contributed by atoms with Crippen LogP contribution in [0.1, 0.15) is 31.0 Å². The molecule has 0 radical (unpaired) electrons. The Morgan fingerprint density at radius 3 is 2.75 bits per heavy atom. The van der Waals surface area contributed by atoms with Gasteiger partial charge in [-0.3, -0.25) is 4.98 Å². The Bertz CT molecular complexity index is 326. The van der Waals surface area contributed by atoms with Crippen LogP contribution in [0, 0.1) is 17.1 Å². The molecular weight excluding hydrogens is 155 g/mol. The van der Waals surface area contributed by atoms with Crippen LogP contribution >= 0.6 is 0 Å². The molecule has 1 aromatic rings. The SMILES string of the molecule is CC(C)c1ncc(F)cc1C#N. The standard InChI is InChI=1S/C9H9FN2/c1-6(2)9-7(4-11)3-8(10)5-12-9/h3,5-6H,1-2H3. The molecule has 12 heavy (non-hydrogen) atoms. The van der Waals surface area contributed by atoms with Crippen LogP contribution < -0.4 is 0 Å². The summed E-state index contributed by atoms with van der Waals surface area (Å²) >= 11 is 0. The first-order valence-electron chi connectivity index (χ1n) is 3.70. The average Bonchev–Trinajstić information content (AvgIpc) is 2.03. The molecule has 1 aromatic heterocycles. The topological polar surface area (TPSA) is 36.7 Å². The number of nitrogens with zero attached hydrogens (tertiary/aromatic N) is 2. The van der Waals surface area contributed by atoms with Crippen molar-refractivity contribution in [2.24, 2.45) is 0 Å². The van der Waals surface area contributed by atoms with E-state index in [-0.39, 0.29) is 5.92 Å². The van der Waals surface area contributed by atoms with Crippen LogP contribution in [0.2, 0.25) is 0 Å². The van der Waals surface area contributed by atoms with E-state index in [1.807, 2.05) is 19.9 Å². The van der Waals surface area contributed by atoms with E-state index in [9.17, 15) is 4.39 Å². The van der Waals surface area contributed by atoms with Crippen LogP contribution in [-0.2, 0) is 0 Å². The van der Waals surface area contributed by atoms with Crippen molar-refractivity contribution in [1.29, 1.82) is 5.26 Å². The molecule has 0 unspecified atom stereocenters.